The molecule has 0 fully saturated rings. The Balaban J connectivity index is 2.35. The molecule has 0 aliphatic rings. The molecule has 0 saturated carbocycles. The van der Waals surface area contributed by atoms with E-state index < -0.39 is 23.4 Å². The van der Waals surface area contributed by atoms with E-state index in [-0.39, 0.29) is 17.1 Å². The third-order valence-electron chi connectivity index (χ3n) is 4.01. The van der Waals surface area contributed by atoms with E-state index in [1.165, 1.54) is 52.7 Å². The third-order valence-corrected chi connectivity index (χ3v) is 5.73. The molecule has 12 heteroatoms. The maximum absolute atomic E-state index is 12.6. The van der Waals surface area contributed by atoms with Gasteiger partial charge in [-0.05, 0) is 23.8 Å². The molecule has 0 atom stereocenters. The lowest BCUT2D eigenvalue weighted by molar-refractivity contribution is 0.276. The fourth-order valence-corrected chi connectivity index (χ4v) is 4.14. The van der Waals surface area contributed by atoms with Crippen LogP contribution < -0.4 is 23.5 Å². The van der Waals surface area contributed by atoms with Gasteiger partial charge in [0.05, 0.1) is 39.8 Å². The first-order valence-corrected chi connectivity index (χ1v) is 11.9. The molecule has 0 bridgehead atoms. The Kier molecular flexibility index (Phi) is 7.96. The second-order valence-electron chi connectivity index (χ2n) is 6.12. The first-order chi connectivity index (χ1) is 14.5. The smallest absolute Gasteiger partial charge is 0.496 e. The Morgan fingerprint density at radius 1 is 0.871 bits per heavy atom. The van der Waals surface area contributed by atoms with Gasteiger partial charge in [0.1, 0.15) is 17.2 Å². The van der Waals surface area contributed by atoms with Gasteiger partial charge in [0.2, 0.25) is 0 Å². The molecular weight excluding hydrogens is 451 g/mol. The van der Waals surface area contributed by atoms with Crippen LogP contribution in [0.4, 0.5) is 0 Å². The highest BCUT2D eigenvalue weighted by atomic mass is 32.2. The lowest BCUT2D eigenvalue weighted by Crippen LogP contribution is -2.02. The molecule has 0 radical (unpaired) electrons. The summed E-state index contributed by atoms with van der Waals surface area (Å²) in [6.45, 7) is 0. The summed E-state index contributed by atoms with van der Waals surface area (Å²) in [7, 11) is -3.02. The van der Waals surface area contributed by atoms with Crippen LogP contribution in [0.5, 0.6) is 28.7 Å². The minimum absolute atomic E-state index is 0.0488. The molecular formula is C19H23O10PS. The molecule has 31 heavy (non-hydrogen) atoms. The standard InChI is InChI=1S/C19H23O10PS/c1-25-14-10-17(27-3)15(18(11-14)28-4)7-8-31(23,24)12-13-5-6-16(26-2)19(9-13)29-30(20,21)22/h5-11H,12H2,1-4H3,(H2,20,21,22)/b8-7+. The summed E-state index contributed by atoms with van der Waals surface area (Å²) in [5.41, 5.74) is 0.636. The fraction of sp³-hybridized carbons (Fsp3) is 0.263. The molecule has 2 rings (SSSR count). The molecule has 170 valence electrons. The highest BCUT2D eigenvalue weighted by Crippen LogP contribution is 2.42. The Hall–Kier alpha value is -2.72. The van der Waals surface area contributed by atoms with E-state index in [1.54, 1.807) is 12.1 Å². The lowest BCUT2D eigenvalue weighted by atomic mass is 10.1. The van der Waals surface area contributed by atoms with E-state index >= 15 is 0 Å². The van der Waals surface area contributed by atoms with Gasteiger partial charge in [-0.1, -0.05) is 6.07 Å². The van der Waals surface area contributed by atoms with Crippen molar-refractivity contribution in [2.24, 2.45) is 0 Å². The zero-order valence-corrected chi connectivity index (χ0v) is 19.0. The summed E-state index contributed by atoms with van der Waals surface area (Å²) >= 11 is 0. The maximum Gasteiger partial charge on any atom is 0.524 e. The third kappa shape index (κ3) is 6.90. The molecule has 2 N–H and O–H groups in total. The quantitative estimate of drug-likeness (QED) is 0.494. The highest BCUT2D eigenvalue weighted by Gasteiger charge is 2.20. The van der Waals surface area contributed by atoms with Crippen molar-refractivity contribution >= 4 is 23.7 Å². The number of benzene rings is 2. The van der Waals surface area contributed by atoms with Gasteiger partial charge < -0.3 is 23.5 Å². The van der Waals surface area contributed by atoms with E-state index in [1.807, 2.05) is 0 Å². The second kappa shape index (κ2) is 10.1. The van der Waals surface area contributed by atoms with Gasteiger partial charge in [-0.3, -0.25) is 9.79 Å². The van der Waals surface area contributed by atoms with Crippen LogP contribution in [0.3, 0.4) is 0 Å². The van der Waals surface area contributed by atoms with Crippen LogP contribution in [0.25, 0.3) is 6.08 Å². The Morgan fingerprint density at radius 3 is 1.94 bits per heavy atom. The lowest BCUT2D eigenvalue weighted by Gasteiger charge is -2.13. The predicted octanol–water partition coefficient (Wildman–Crippen LogP) is 2.78. The van der Waals surface area contributed by atoms with Crippen LogP contribution in [0.15, 0.2) is 35.7 Å². The zero-order valence-electron chi connectivity index (χ0n) is 17.3. The van der Waals surface area contributed by atoms with E-state index in [9.17, 15) is 13.0 Å². The van der Waals surface area contributed by atoms with Crippen molar-refractivity contribution in [1.29, 1.82) is 0 Å². The number of hydrogen-bond acceptors (Lipinski definition) is 8. The number of phosphoric acid groups is 1. The SMILES string of the molecule is COc1cc(OC)c(/C=C/S(=O)(=O)Cc2ccc(OC)c(OP(=O)(O)O)c2)c(OC)c1. The van der Waals surface area contributed by atoms with Gasteiger partial charge in [-0.2, -0.15) is 0 Å². The van der Waals surface area contributed by atoms with Crippen LogP contribution in [0, 0.1) is 0 Å². The summed E-state index contributed by atoms with van der Waals surface area (Å²) in [6.07, 6.45) is 1.34. The van der Waals surface area contributed by atoms with Gasteiger partial charge in [-0.15, -0.1) is 0 Å². The van der Waals surface area contributed by atoms with Crippen LogP contribution >= 0.6 is 7.82 Å². The van der Waals surface area contributed by atoms with E-state index in [0.717, 1.165) is 5.41 Å². The van der Waals surface area contributed by atoms with Gasteiger partial charge in [0.25, 0.3) is 0 Å². The Bertz CT molecular complexity index is 1080. The van der Waals surface area contributed by atoms with Crippen molar-refractivity contribution in [1.82, 2.24) is 0 Å². The first-order valence-electron chi connectivity index (χ1n) is 8.64. The molecule has 0 aromatic heterocycles. The molecule has 0 aliphatic heterocycles. The van der Waals surface area contributed by atoms with Gasteiger partial charge in [0.15, 0.2) is 21.3 Å². The van der Waals surface area contributed by atoms with Crippen molar-refractivity contribution in [2.45, 2.75) is 5.75 Å². The molecule has 0 aliphatic carbocycles. The van der Waals surface area contributed by atoms with Crippen LogP contribution in [0.2, 0.25) is 0 Å². The van der Waals surface area contributed by atoms with Crippen LogP contribution in [-0.2, 0) is 20.2 Å². The van der Waals surface area contributed by atoms with Gasteiger partial charge >= 0.3 is 7.82 Å². The van der Waals surface area contributed by atoms with Crippen molar-refractivity contribution in [3.63, 3.8) is 0 Å². The number of sulfone groups is 1. The predicted molar refractivity (Wildman–Crippen MR) is 113 cm³/mol. The van der Waals surface area contributed by atoms with Crippen molar-refractivity contribution < 1.29 is 46.2 Å². The van der Waals surface area contributed by atoms with Crippen molar-refractivity contribution in [2.75, 3.05) is 28.4 Å². The second-order valence-corrected chi connectivity index (χ2v) is 9.17. The largest absolute Gasteiger partial charge is 0.524 e. The molecule has 0 heterocycles. The minimum Gasteiger partial charge on any atom is -0.496 e. The summed E-state index contributed by atoms with van der Waals surface area (Å²) in [5, 5.41) is 0.994. The Labute approximate surface area is 180 Å². The van der Waals surface area contributed by atoms with Crippen LogP contribution in [-0.4, -0.2) is 46.6 Å². The highest BCUT2D eigenvalue weighted by molar-refractivity contribution is 7.93. The average molecular weight is 474 g/mol. The number of methoxy groups -OCH3 is 4. The minimum atomic E-state index is -4.86. The molecule has 0 amide bonds. The summed E-state index contributed by atoms with van der Waals surface area (Å²) < 4.78 is 61.7. The maximum atomic E-state index is 12.6. The normalized spacial score (nSPS) is 11.9. The first kappa shape index (κ1) is 24.5. The number of hydrogen-bond donors (Lipinski definition) is 2. The Morgan fingerprint density at radius 2 is 1.45 bits per heavy atom. The van der Waals surface area contributed by atoms with Crippen molar-refractivity contribution in [3.8, 4) is 28.7 Å². The molecule has 0 saturated heterocycles. The van der Waals surface area contributed by atoms with E-state index in [2.05, 4.69) is 4.52 Å². The summed E-state index contributed by atoms with van der Waals surface area (Å²) in [4.78, 5) is 18.1. The van der Waals surface area contributed by atoms with Crippen molar-refractivity contribution in [3.05, 3.63) is 46.9 Å². The number of ether oxygens (including phenoxy) is 4. The number of phosphoric ester groups is 1. The summed E-state index contributed by atoms with van der Waals surface area (Å²) in [5.74, 6) is 0.503. The monoisotopic (exact) mass is 474 g/mol. The molecule has 2 aromatic rings. The van der Waals surface area contributed by atoms with Gasteiger partial charge in [0, 0.05) is 17.5 Å². The zero-order chi connectivity index (χ0) is 23.2. The van der Waals surface area contributed by atoms with E-state index in [0.29, 0.717) is 22.8 Å². The summed E-state index contributed by atoms with van der Waals surface area (Å²) in [6, 6.07) is 7.17. The molecule has 10 nitrogen and oxygen atoms in total. The topological polar surface area (TPSA) is 138 Å². The van der Waals surface area contributed by atoms with E-state index in [4.69, 9.17) is 28.7 Å². The van der Waals surface area contributed by atoms with Gasteiger partial charge in [-0.25, -0.2) is 13.0 Å². The fourth-order valence-electron chi connectivity index (χ4n) is 2.66. The molecule has 0 unspecified atom stereocenters. The number of rotatable bonds is 10. The molecule has 2 aromatic carbocycles. The van der Waals surface area contributed by atoms with Crippen LogP contribution in [0.1, 0.15) is 11.1 Å². The average Bonchev–Trinajstić information content (AvgIpc) is 2.70. The molecule has 0 spiro atoms.